The number of nitrogens with zero attached hydrogens (tertiary/aromatic N) is 3. The van der Waals surface area contributed by atoms with E-state index in [-0.39, 0.29) is 24.1 Å². The summed E-state index contributed by atoms with van der Waals surface area (Å²) in [6.07, 6.45) is 0. The molecule has 1 heterocycles. The largest absolute Gasteiger partial charge is 0.308 e. The summed E-state index contributed by atoms with van der Waals surface area (Å²) in [5, 5.41) is 0.592. The fraction of sp³-hybridized carbons (Fsp3) is 0.263. The van der Waals surface area contributed by atoms with E-state index in [1.807, 2.05) is 50.2 Å². The predicted molar refractivity (Wildman–Crippen MR) is 108 cm³/mol. The van der Waals surface area contributed by atoms with Gasteiger partial charge in [0.25, 0.3) is 5.91 Å². The van der Waals surface area contributed by atoms with E-state index in [0.29, 0.717) is 29.3 Å². The van der Waals surface area contributed by atoms with E-state index in [2.05, 4.69) is 4.98 Å². The van der Waals surface area contributed by atoms with E-state index < -0.39 is 0 Å². The van der Waals surface area contributed by atoms with Crippen molar-refractivity contribution in [3.8, 4) is 0 Å². The number of aryl methyl sites for hydroxylation is 1. The molecule has 4 nitrogen and oxygen atoms in total. The number of amides is 1. The second-order valence-corrected chi connectivity index (χ2v) is 7.25. The maximum absolute atomic E-state index is 13.5. The molecule has 3 aromatic rings. The van der Waals surface area contributed by atoms with Crippen LogP contribution in [-0.4, -0.2) is 43.0 Å². The molecule has 0 fully saturated rings. The van der Waals surface area contributed by atoms with Gasteiger partial charge in [-0.15, -0.1) is 12.4 Å². The Morgan fingerprint density at radius 1 is 1.15 bits per heavy atom. The number of anilines is 1. The smallest absolute Gasteiger partial charge is 0.260 e. The van der Waals surface area contributed by atoms with Crippen LogP contribution >= 0.6 is 23.7 Å². The van der Waals surface area contributed by atoms with Crippen molar-refractivity contribution in [3.63, 3.8) is 0 Å². The highest BCUT2D eigenvalue weighted by Gasteiger charge is 2.21. The SMILES string of the molecule is Cc1cccc(C(=O)N(CCN(C)C)c2nc3ccc(F)cc3s2)c1.Cl. The molecule has 3 rings (SSSR count). The lowest BCUT2D eigenvalue weighted by Crippen LogP contribution is -2.36. The molecule has 0 saturated carbocycles. The van der Waals surface area contributed by atoms with Crippen molar-refractivity contribution >= 4 is 45.0 Å². The Hall–Kier alpha value is -2.02. The number of thiazole rings is 1. The average Bonchev–Trinajstić information content (AvgIpc) is 2.97. The Morgan fingerprint density at radius 3 is 2.62 bits per heavy atom. The molecule has 0 N–H and O–H groups in total. The van der Waals surface area contributed by atoms with Gasteiger partial charge in [-0.25, -0.2) is 9.37 Å². The summed E-state index contributed by atoms with van der Waals surface area (Å²) < 4.78 is 14.2. The van der Waals surface area contributed by atoms with Crippen LogP contribution in [0.4, 0.5) is 9.52 Å². The third-order valence-electron chi connectivity index (χ3n) is 3.85. The van der Waals surface area contributed by atoms with Crippen LogP contribution in [0, 0.1) is 12.7 Å². The minimum Gasteiger partial charge on any atom is -0.308 e. The summed E-state index contributed by atoms with van der Waals surface area (Å²) in [6.45, 7) is 3.19. The average molecular weight is 394 g/mol. The summed E-state index contributed by atoms with van der Waals surface area (Å²) >= 11 is 1.33. The number of hydrogen-bond acceptors (Lipinski definition) is 4. The molecule has 2 aromatic carbocycles. The van der Waals surface area contributed by atoms with E-state index in [0.717, 1.165) is 10.3 Å². The number of likely N-dealkylation sites (N-methyl/N-ethyl adjacent to an activating group) is 1. The second-order valence-electron chi connectivity index (χ2n) is 6.24. The Bertz CT molecular complexity index is 913. The molecule has 0 aliphatic heterocycles. The number of carbonyl (C=O) groups excluding carboxylic acids is 1. The highest BCUT2D eigenvalue weighted by molar-refractivity contribution is 7.22. The van der Waals surface area contributed by atoms with E-state index in [1.165, 1.54) is 23.5 Å². The quantitative estimate of drug-likeness (QED) is 0.645. The summed E-state index contributed by atoms with van der Waals surface area (Å²) in [4.78, 5) is 21.3. The molecule has 0 aliphatic carbocycles. The van der Waals surface area contributed by atoms with Crippen molar-refractivity contribution in [2.24, 2.45) is 0 Å². The van der Waals surface area contributed by atoms with Crippen LogP contribution in [0.5, 0.6) is 0 Å². The number of rotatable bonds is 5. The molecule has 0 aliphatic rings. The molecule has 1 aromatic heterocycles. The molecule has 1 amide bonds. The summed E-state index contributed by atoms with van der Waals surface area (Å²) in [6, 6.07) is 12.0. The summed E-state index contributed by atoms with van der Waals surface area (Å²) in [7, 11) is 3.92. The number of fused-ring (bicyclic) bond motifs is 1. The molecule has 0 unspecified atom stereocenters. The van der Waals surface area contributed by atoms with E-state index >= 15 is 0 Å². The molecule has 0 spiro atoms. The topological polar surface area (TPSA) is 36.4 Å². The van der Waals surface area contributed by atoms with Gasteiger partial charge in [-0.3, -0.25) is 9.69 Å². The zero-order valence-electron chi connectivity index (χ0n) is 14.9. The second kappa shape index (κ2) is 8.58. The van der Waals surface area contributed by atoms with Crippen LogP contribution < -0.4 is 4.90 Å². The highest BCUT2D eigenvalue weighted by Crippen LogP contribution is 2.30. The number of aromatic nitrogens is 1. The maximum atomic E-state index is 13.5. The van der Waals surface area contributed by atoms with Crippen molar-refractivity contribution in [3.05, 3.63) is 59.4 Å². The molecule has 0 saturated heterocycles. The Balaban J connectivity index is 0.00000243. The first-order valence-corrected chi connectivity index (χ1v) is 8.85. The lowest BCUT2D eigenvalue weighted by Gasteiger charge is -2.22. The van der Waals surface area contributed by atoms with Gasteiger partial charge in [0.15, 0.2) is 5.13 Å². The first-order chi connectivity index (χ1) is 11.9. The lowest BCUT2D eigenvalue weighted by atomic mass is 10.1. The Labute approximate surface area is 162 Å². The molecule has 0 radical (unpaired) electrons. The normalized spacial score (nSPS) is 10.8. The van der Waals surface area contributed by atoms with Gasteiger partial charge in [0, 0.05) is 18.7 Å². The van der Waals surface area contributed by atoms with Gasteiger partial charge in [0.05, 0.1) is 10.2 Å². The first kappa shape index (κ1) is 20.3. The number of halogens is 2. The van der Waals surface area contributed by atoms with Crippen molar-refractivity contribution < 1.29 is 9.18 Å². The van der Waals surface area contributed by atoms with E-state index in [9.17, 15) is 9.18 Å². The molecule has 26 heavy (non-hydrogen) atoms. The number of hydrogen-bond donors (Lipinski definition) is 0. The van der Waals surface area contributed by atoms with Crippen LogP contribution in [0.25, 0.3) is 10.2 Å². The molecule has 7 heteroatoms. The highest BCUT2D eigenvalue weighted by atomic mass is 35.5. The van der Waals surface area contributed by atoms with Crippen LogP contribution in [0.15, 0.2) is 42.5 Å². The zero-order chi connectivity index (χ0) is 18.0. The maximum Gasteiger partial charge on any atom is 0.260 e. The fourth-order valence-corrected chi connectivity index (χ4v) is 3.53. The fourth-order valence-electron chi connectivity index (χ4n) is 2.52. The third-order valence-corrected chi connectivity index (χ3v) is 4.89. The molecule has 0 atom stereocenters. The van der Waals surface area contributed by atoms with Gasteiger partial charge in [-0.1, -0.05) is 29.0 Å². The standard InChI is InChI=1S/C19H20FN3OS.ClH/c1-13-5-4-6-14(11-13)18(24)23(10-9-22(2)3)19-21-16-8-7-15(20)12-17(16)25-19;/h4-8,11-12H,9-10H2,1-3H3;1H. The first-order valence-electron chi connectivity index (χ1n) is 8.03. The van der Waals surface area contributed by atoms with E-state index in [4.69, 9.17) is 0 Å². The minimum atomic E-state index is -0.299. The van der Waals surface area contributed by atoms with Crippen molar-refractivity contribution in [1.82, 2.24) is 9.88 Å². The Morgan fingerprint density at radius 2 is 1.92 bits per heavy atom. The monoisotopic (exact) mass is 393 g/mol. The molecule has 138 valence electrons. The van der Waals surface area contributed by atoms with Gasteiger partial charge >= 0.3 is 0 Å². The van der Waals surface area contributed by atoms with Gasteiger partial charge in [-0.05, 0) is 51.4 Å². The van der Waals surface area contributed by atoms with Crippen LogP contribution in [0.2, 0.25) is 0 Å². The van der Waals surface area contributed by atoms with Gasteiger partial charge in [0.1, 0.15) is 5.82 Å². The third kappa shape index (κ3) is 4.58. The van der Waals surface area contributed by atoms with Crippen molar-refractivity contribution in [2.45, 2.75) is 6.92 Å². The van der Waals surface area contributed by atoms with Gasteiger partial charge in [-0.2, -0.15) is 0 Å². The van der Waals surface area contributed by atoms with Crippen LogP contribution in [-0.2, 0) is 0 Å². The van der Waals surface area contributed by atoms with Crippen molar-refractivity contribution in [2.75, 3.05) is 32.1 Å². The lowest BCUT2D eigenvalue weighted by molar-refractivity contribution is 0.0985. The van der Waals surface area contributed by atoms with Crippen molar-refractivity contribution in [1.29, 1.82) is 0 Å². The molecule has 0 bridgehead atoms. The zero-order valence-corrected chi connectivity index (χ0v) is 16.5. The molecular formula is C19H21ClFN3OS. The minimum absolute atomic E-state index is 0. The number of benzene rings is 2. The van der Waals surface area contributed by atoms with Gasteiger partial charge < -0.3 is 4.90 Å². The van der Waals surface area contributed by atoms with Crippen LogP contribution in [0.1, 0.15) is 15.9 Å². The van der Waals surface area contributed by atoms with E-state index in [1.54, 1.807) is 11.0 Å². The number of carbonyl (C=O) groups is 1. The summed E-state index contributed by atoms with van der Waals surface area (Å²) in [5.74, 6) is -0.391. The van der Waals surface area contributed by atoms with Crippen LogP contribution in [0.3, 0.4) is 0 Å². The Kier molecular flexibility index (Phi) is 6.69. The molecular weight excluding hydrogens is 373 g/mol. The predicted octanol–water partition coefficient (Wildman–Crippen LogP) is 4.37. The van der Waals surface area contributed by atoms with Gasteiger partial charge in [0.2, 0.25) is 0 Å². The summed E-state index contributed by atoms with van der Waals surface area (Å²) in [5.41, 5.74) is 2.36.